The molecule has 1 aliphatic heterocycles. The molecule has 1 unspecified atom stereocenters. The van der Waals surface area contributed by atoms with E-state index >= 15 is 0 Å². The second-order valence-corrected chi connectivity index (χ2v) is 4.34. The molecule has 0 bridgehead atoms. The standard InChI is InChI=1S/C10H18N4O/c11-9(12)8-3-4-14(10(8)13)6-1-2-7(15)5-6/h6-7,15H,1-5,13H2,(H3,11,12)/t6?,7-/m1/s1. The number of aliphatic hydroxyl groups excluding tert-OH is 1. The SMILES string of the molecule is N=C(N)C1=C(N)N(C2CC[C@@H](O)C2)CC1. The van der Waals surface area contributed by atoms with E-state index in [1.165, 1.54) is 0 Å². The van der Waals surface area contributed by atoms with Crippen LogP contribution in [0.5, 0.6) is 0 Å². The lowest BCUT2D eigenvalue weighted by Gasteiger charge is -2.26. The third-order valence-electron chi connectivity index (χ3n) is 3.36. The maximum absolute atomic E-state index is 9.47. The molecule has 2 rings (SSSR count). The Morgan fingerprint density at radius 2 is 2.20 bits per heavy atom. The normalized spacial score (nSPS) is 31.4. The molecule has 0 aromatic heterocycles. The molecule has 0 radical (unpaired) electrons. The van der Waals surface area contributed by atoms with E-state index in [2.05, 4.69) is 4.90 Å². The Kier molecular flexibility index (Phi) is 2.56. The van der Waals surface area contributed by atoms with Gasteiger partial charge in [-0.3, -0.25) is 5.41 Å². The summed E-state index contributed by atoms with van der Waals surface area (Å²) in [7, 11) is 0. The Morgan fingerprint density at radius 3 is 2.67 bits per heavy atom. The molecule has 6 N–H and O–H groups in total. The Labute approximate surface area is 89.2 Å². The van der Waals surface area contributed by atoms with E-state index in [9.17, 15) is 5.11 Å². The zero-order valence-corrected chi connectivity index (χ0v) is 8.74. The fraction of sp³-hybridized carbons (Fsp3) is 0.700. The van der Waals surface area contributed by atoms with Gasteiger partial charge in [0.1, 0.15) is 11.7 Å². The van der Waals surface area contributed by atoms with Crippen LogP contribution in [0.3, 0.4) is 0 Å². The first-order valence-corrected chi connectivity index (χ1v) is 5.37. The molecule has 2 atom stereocenters. The molecule has 1 saturated carbocycles. The minimum Gasteiger partial charge on any atom is -0.393 e. The summed E-state index contributed by atoms with van der Waals surface area (Å²) in [4.78, 5) is 2.09. The molecule has 0 saturated heterocycles. The van der Waals surface area contributed by atoms with Gasteiger partial charge < -0.3 is 21.5 Å². The van der Waals surface area contributed by atoms with Crippen LogP contribution in [-0.2, 0) is 0 Å². The van der Waals surface area contributed by atoms with Crippen molar-refractivity contribution in [2.45, 2.75) is 37.8 Å². The van der Waals surface area contributed by atoms with Gasteiger partial charge in [-0.15, -0.1) is 0 Å². The van der Waals surface area contributed by atoms with Gasteiger partial charge in [0.05, 0.1) is 6.10 Å². The highest BCUT2D eigenvalue weighted by Gasteiger charge is 2.32. The number of rotatable bonds is 2. The molecule has 1 fully saturated rings. The van der Waals surface area contributed by atoms with E-state index in [4.69, 9.17) is 16.9 Å². The fourth-order valence-corrected chi connectivity index (χ4v) is 2.52. The van der Waals surface area contributed by atoms with E-state index < -0.39 is 0 Å². The molecule has 0 amide bonds. The summed E-state index contributed by atoms with van der Waals surface area (Å²) in [5, 5.41) is 16.9. The van der Waals surface area contributed by atoms with Gasteiger partial charge in [-0.05, 0) is 25.7 Å². The monoisotopic (exact) mass is 210 g/mol. The van der Waals surface area contributed by atoms with Crippen molar-refractivity contribution < 1.29 is 5.11 Å². The van der Waals surface area contributed by atoms with Crippen LogP contribution in [-0.4, -0.2) is 34.5 Å². The lowest BCUT2D eigenvalue weighted by Crippen LogP contribution is -2.34. The highest BCUT2D eigenvalue weighted by atomic mass is 16.3. The minimum atomic E-state index is -0.191. The number of aliphatic hydroxyl groups is 1. The van der Waals surface area contributed by atoms with Crippen LogP contribution in [0, 0.1) is 5.41 Å². The van der Waals surface area contributed by atoms with E-state index in [0.29, 0.717) is 11.9 Å². The summed E-state index contributed by atoms with van der Waals surface area (Å²) >= 11 is 0. The number of nitrogens with two attached hydrogens (primary N) is 2. The smallest absolute Gasteiger partial charge is 0.122 e. The van der Waals surface area contributed by atoms with Gasteiger partial charge in [-0.25, -0.2) is 0 Å². The van der Waals surface area contributed by atoms with E-state index in [1.807, 2.05) is 0 Å². The second kappa shape index (κ2) is 3.73. The van der Waals surface area contributed by atoms with Gasteiger partial charge in [-0.1, -0.05) is 0 Å². The van der Waals surface area contributed by atoms with E-state index in [1.54, 1.807) is 0 Å². The van der Waals surface area contributed by atoms with Gasteiger partial charge >= 0.3 is 0 Å². The van der Waals surface area contributed by atoms with Crippen LogP contribution < -0.4 is 11.5 Å². The first-order chi connectivity index (χ1) is 7.09. The van der Waals surface area contributed by atoms with Gasteiger partial charge in [0, 0.05) is 18.2 Å². The molecular formula is C10H18N4O. The fourth-order valence-electron chi connectivity index (χ4n) is 2.52. The number of hydrogen-bond donors (Lipinski definition) is 4. The average Bonchev–Trinajstić information content (AvgIpc) is 2.71. The van der Waals surface area contributed by atoms with Crippen molar-refractivity contribution in [3.63, 3.8) is 0 Å². The first-order valence-electron chi connectivity index (χ1n) is 5.37. The largest absolute Gasteiger partial charge is 0.393 e. The van der Waals surface area contributed by atoms with E-state index in [0.717, 1.165) is 37.8 Å². The van der Waals surface area contributed by atoms with Crippen molar-refractivity contribution in [3.8, 4) is 0 Å². The highest BCUT2D eigenvalue weighted by Crippen LogP contribution is 2.30. The maximum Gasteiger partial charge on any atom is 0.122 e. The summed E-state index contributed by atoms with van der Waals surface area (Å²) in [5.41, 5.74) is 12.2. The Bertz CT molecular complexity index is 313. The quantitative estimate of drug-likeness (QED) is 0.372. The van der Waals surface area contributed by atoms with Crippen LogP contribution in [0.25, 0.3) is 0 Å². The number of hydrogen-bond acceptors (Lipinski definition) is 4. The van der Waals surface area contributed by atoms with Crippen molar-refractivity contribution in [2.75, 3.05) is 6.54 Å². The lowest BCUT2D eigenvalue weighted by molar-refractivity contribution is 0.167. The van der Waals surface area contributed by atoms with Crippen molar-refractivity contribution >= 4 is 5.84 Å². The first kappa shape index (κ1) is 10.3. The third-order valence-corrected chi connectivity index (χ3v) is 3.36. The van der Waals surface area contributed by atoms with Crippen LogP contribution in [0.15, 0.2) is 11.4 Å². The van der Waals surface area contributed by atoms with Gasteiger partial charge in [0.15, 0.2) is 0 Å². The lowest BCUT2D eigenvalue weighted by atomic mass is 10.2. The van der Waals surface area contributed by atoms with Gasteiger partial charge in [0.25, 0.3) is 0 Å². The molecule has 0 aromatic carbocycles. The Balaban J connectivity index is 2.10. The van der Waals surface area contributed by atoms with Gasteiger partial charge in [0.2, 0.25) is 0 Å². The zero-order valence-electron chi connectivity index (χ0n) is 8.74. The summed E-state index contributed by atoms with van der Waals surface area (Å²) in [6, 6.07) is 0.330. The topological polar surface area (TPSA) is 99.4 Å². The molecular weight excluding hydrogens is 192 g/mol. The molecule has 1 aliphatic carbocycles. The number of nitrogens with one attached hydrogen (secondary N) is 1. The predicted molar refractivity (Wildman–Crippen MR) is 58.1 cm³/mol. The maximum atomic E-state index is 9.47. The summed E-state index contributed by atoms with van der Waals surface area (Å²) < 4.78 is 0. The molecule has 15 heavy (non-hydrogen) atoms. The average molecular weight is 210 g/mol. The molecule has 1 heterocycles. The van der Waals surface area contributed by atoms with Crippen molar-refractivity contribution in [1.82, 2.24) is 4.90 Å². The van der Waals surface area contributed by atoms with Crippen LogP contribution >= 0.6 is 0 Å². The molecule has 2 aliphatic rings. The van der Waals surface area contributed by atoms with E-state index in [-0.39, 0.29) is 11.9 Å². The van der Waals surface area contributed by atoms with Gasteiger partial charge in [-0.2, -0.15) is 0 Å². The predicted octanol–water partition coefficient (Wildman–Crippen LogP) is -0.288. The molecule has 5 heteroatoms. The van der Waals surface area contributed by atoms with Crippen LogP contribution in [0.4, 0.5) is 0 Å². The van der Waals surface area contributed by atoms with Crippen molar-refractivity contribution in [2.24, 2.45) is 11.5 Å². The summed E-state index contributed by atoms with van der Waals surface area (Å²) in [5.74, 6) is 0.718. The van der Waals surface area contributed by atoms with Crippen molar-refractivity contribution in [3.05, 3.63) is 11.4 Å². The number of amidine groups is 1. The van der Waals surface area contributed by atoms with Crippen LogP contribution in [0.2, 0.25) is 0 Å². The molecule has 84 valence electrons. The summed E-state index contributed by atoms with van der Waals surface area (Å²) in [6.45, 7) is 0.831. The Hall–Kier alpha value is -1.23. The molecule has 0 aromatic rings. The summed E-state index contributed by atoms with van der Waals surface area (Å²) in [6.07, 6.45) is 3.18. The van der Waals surface area contributed by atoms with Crippen molar-refractivity contribution in [1.29, 1.82) is 5.41 Å². The third kappa shape index (κ3) is 1.79. The van der Waals surface area contributed by atoms with Crippen LogP contribution in [0.1, 0.15) is 25.7 Å². The zero-order chi connectivity index (χ0) is 11.0. The minimum absolute atomic E-state index is 0.0774. The Morgan fingerprint density at radius 1 is 1.47 bits per heavy atom. The number of nitrogens with zero attached hydrogens (tertiary/aromatic N) is 1. The molecule has 0 spiro atoms. The second-order valence-electron chi connectivity index (χ2n) is 4.34. The molecule has 5 nitrogen and oxygen atoms in total. The highest BCUT2D eigenvalue weighted by molar-refractivity contribution is 5.95.